The fourth-order valence-corrected chi connectivity index (χ4v) is 3.70. The van der Waals surface area contributed by atoms with E-state index in [0.717, 1.165) is 23.3 Å². The molecule has 2 aromatic carbocycles. The van der Waals surface area contributed by atoms with Gasteiger partial charge < -0.3 is 5.32 Å². The number of hydrogen-bond donors (Lipinski definition) is 1. The molecule has 0 unspecified atom stereocenters. The lowest BCUT2D eigenvalue weighted by Gasteiger charge is -2.26. The van der Waals surface area contributed by atoms with Crippen molar-refractivity contribution in [1.29, 1.82) is 0 Å². The molecule has 0 spiro atoms. The Morgan fingerprint density at radius 1 is 1.29 bits per heavy atom. The number of hydrogen-bond acceptors (Lipinski definition) is 2. The van der Waals surface area contributed by atoms with E-state index in [2.05, 4.69) is 5.32 Å². The maximum absolute atomic E-state index is 13.8. The molecule has 0 aromatic heterocycles. The first kappa shape index (κ1) is 14.1. The molecule has 2 aromatic rings. The van der Waals surface area contributed by atoms with Crippen LogP contribution in [0.1, 0.15) is 33.9 Å². The van der Waals surface area contributed by atoms with E-state index >= 15 is 0 Å². The van der Waals surface area contributed by atoms with Gasteiger partial charge in [0.25, 0.3) is 5.91 Å². The van der Waals surface area contributed by atoms with Crippen molar-refractivity contribution in [3.8, 4) is 0 Å². The van der Waals surface area contributed by atoms with Crippen molar-refractivity contribution in [1.82, 2.24) is 5.32 Å². The second-order valence-corrected chi connectivity index (χ2v) is 6.30. The molecule has 1 aliphatic rings. The van der Waals surface area contributed by atoms with Gasteiger partial charge in [-0.25, -0.2) is 4.39 Å². The third kappa shape index (κ3) is 2.95. The van der Waals surface area contributed by atoms with Gasteiger partial charge in [-0.15, -0.1) is 11.8 Å². The first-order valence-electron chi connectivity index (χ1n) is 6.94. The minimum absolute atomic E-state index is 0.106. The highest BCUT2D eigenvalue weighted by molar-refractivity contribution is 7.99. The fraction of sp³-hybridized carbons (Fsp3) is 0.235. The van der Waals surface area contributed by atoms with Crippen LogP contribution in [-0.4, -0.2) is 11.7 Å². The predicted octanol–water partition coefficient (Wildman–Crippen LogP) is 4.10. The van der Waals surface area contributed by atoms with Crippen molar-refractivity contribution in [3.63, 3.8) is 0 Å². The van der Waals surface area contributed by atoms with Crippen molar-refractivity contribution < 1.29 is 9.18 Å². The predicted molar refractivity (Wildman–Crippen MR) is 83.1 cm³/mol. The van der Waals surface area contributed by atoms with Crippen molar-refractivity contribution >= 4 is 17.7 Å². The fourth-order valence-electron chi connectivity index (χ4n) is 2.56. The third-order valence-electron chi connectivity index (χ3n) is 3.61. The Kier molecular flexibility index (Phi) is 3.97. The molecule has 0 saturated heterocycles. The molecule has 0 aliphatic carbocycles. The largest absolute Gasteiger partial charge is 0.345 e. The molecule has 0 radical (unpaired) electrons. The molecule has 1 N–H and O–H groups in total. The number of carbonyl (C=O) groups excluding carboxylic acids is 1. The van der Waals surface area contributed by atoms with Crippen LogP contribution in [-0.2, 0) is 0 Å². The first-order chi connectivity index (χ1) is 10.1. The molecule has 1 amide bonds. The standard InChI is InChI=1S/C17H16FNOS/c1-11-4-2-5-12(10-11)17(20)19-15-8-9-21-16-13(15)6-3-7-14(16)18/h2-7,10,15H,8-9H2,1H3,(H,19,20)/t15-/m0/s1. The Bertz CT molecular complexity index is 686. The first-order valence-corrected chi connectivity index (χ1v) is 7.92. The van der Waals surface area contributed by atoms with Gasteiger partial charge in [-0.1, -0.05) is 29.8 Å². The van der Waals surface area contributed by atoms with Crippen molar-refractivity contribution in [2.24, 2.45) is 0 Å². The van der Waals surface area contributed by atoms with Gasteiger partial charge in [0.15, 0.2) is 0 Å². The average molecular weight is 301 g/mol. The van der Waals surface area contributed by atoms with Crippen molar-refractivity contribution in [2.45, 2.75) is 24.3 Å². The minimum atomic E-state index is -0.202. The number of fused-ring (bicyclic) bond motifs is 1. The van der Waals surface area contributed by atoms with Crippen LogP contribution in [0.25, 0.3) is 0 Å². The molecule has 1 heterocycles. The monoisotopic (exact) mass is 301 g/mol. The molecule has 0 bridgehead atoms. The molecular weight excluding hydrogens is 285 g/mol. The summed E-state index contributed by atoms with van der Waals surface area (Å²) in [4.78, 5) is 13.0. The maximum atomic E-state index is 13.8. The lowest BCUT2D eigenvalue weighted by atomic mass is 10.0. The van der Waals surface area contributed by atoms with Gasteiger partial charge in [-0.3, -0.25) is 4.79 Å². The molecule has 4 heteroatoms. The highest BCUT2D eigenvalue weighted by Gasteiger charge is 2.24. The Morgan fingerprint density at radius 2 is 2.10 bits per heavy atom. The van der Waals surface area contributed by atoms with Crippen LogP contribution < -0.4 is 5.32 Å². The van der Waals surface area contributed by atoms with Crippen LogP contribution >= 0.6 is 11.8 Å². The summed E-state index contributed by atoms with van der Waals surface area (Å²) in [5, 5.41) is 3.03. The molecule has 21 heavy (non-hydrogen) atoms. The smallest absolute Gasteiger partial charge is 0.251 e. The Labute approximate surface area is 127 Å². The van der Waals surface area contributed by atoms with Crippen LogP contribution in [0.5, 0.6) is 0 Å². The summed E-state index contributed by atoms with van der Waals surface area (Å²) in [5.41, 5.74) is 2.58. The van der Waals surface area contributed by atoms with E-state index in [0.29, 0.717) is 10.5 Å². The van der Waals surface area contributed by atoms with E-state index < -0.39 is 0 Å². The zero-order chi connectivity index (χ0) is 14.8. The number of carbonyl (C=O) groups is 1. The quantitative estimate of drug-likeness (QED) is 0.904. The molecule has 1 aliphatic heterocycles. The topological polar surface area (TPSA) is 29.1 Å². The SMILES string of the molecule is Cc1cccc(C(=O)N[C@H]2CCSc3c(F)cccc32)c1. The zero-order valence-corrected chi connectivity index (χ0v) is 12.5. The second kappa shape index (κ2) is 5.90. The Morgan fingerprint density at radius 3 is 2.90 bits per heavy atom. The van der Waals surface area contributed by atoms with Crippen LogP contribution in [0.3, 0.4) is 0 Å². The molecule has 3 rings (SSSR count). The van der Waals surface area contributed by atoms with Crippen LogP contribution in [0, 0.1) is 12.7 Å². The molecule has 1 atom stereocenters. The maximum Gasteiger partial charge on any atom is 0.251 e. The van der Waals surface area contributed by atoms with E-state index in [1.54, 1.807) is 12.1 Å². The summed E-state index contributed by atoms with van der Waals surface area (Å²) in [7, 11) is 0. The normalized spacial score (nSPS) is 17.1. The van der Waals surface area contributed by atoms with E-state index in [9.17, 15) is 9.18 Å². The minimum Gasteiger partial charge on any atom is -0.345 e. The van der Waals surface area contributed by atoms with Crippen LogP contribution in [0.4, 0.5) is 4.39 Å². The number of thioether (sulfide) groups is 1. The Balaban J connectivity index is 1.84. The van der Waals surface area contributed by atoms with E-state index in [4.69, 9.17) is 0 Å². The molecule has 0 fully saturated rings. The van der Waals surface area contributed by atoms with E-state index in [1.165, 1.54) is 17.8 Å². The summed E-state index contributed by atoms with van der Waals surface area (Å²) in [5.74, 6) is 0.505. The van der Waals surface area contributed by atoms with Gasteiger partial charge >= 0.3 is 0 Å². The van der Waals surface area contributed by atoms with Gasteiger partial charge in [0.1, 0.15) is 5.82 Å². The number of halogens is 1. The number of aryl methyl sites for hydroxylation is 1. The summed E-state index contributed by atoms with van der Waals surface area (Å²) < 4.78 is 13.8. The van der Waals surface area contributed by atoms with Gasteiger partial charge in [0, 0.05) is 16.2 Å². The van der Waals surface area contributed by atoms with Crippen LogP contribution in [0.2, 0.25) is 0 Å². The molecular formula is C17H16FNOS. The van der Waals surface area contributed by atoms with Crippen molar-refractivity contribution in [3.05, 3.63) is 65.0 Å². The third-order valence-corrected chi connectivity index (χ3v) is 4.77. The number of nitrogens with one attached hydrogen (secondary N) is 1. The van der Waals surface area contributed by atoms with E-state index in [-0.39, 0.29) is 17.8 Å². The van der Waals surface area contributed by atoms with Crippen LogP contribution in [0.15, 0.2) is 47.4 Å². The van der Waals surface area contributed by atoms with Gasteiger partial charge in [-0.05, 0) is 37.1 Å². The zero-order valence-electron chi connectivity index (χ0n) is 11.7. The highest BCUT2D eigenvalue weighted by atomic mass is 32.2. The highest BCUT2D eigenvalue weighted by Crippen LogP contribution is 2.37. The van der Waals surface area contributed by atoms with Crippen molar-refractivity contribution in [2.75, 3.05) is 5.75 Å². The lowest BCUT2D eigenvalue weighted by molar-refractivity contribution is 0.0934. The summed E-state index contributed by atoms with van der Waals surface area (Å²) in [6.45, 7) is 1.96. The number of rotatable bonds is 2. The molecule has 2 nitrogen and oxygen atoms in total. The van der Waals surface area contributed by atoms with Gasteiger partial charge in [-0.2, -0.15) is 0 Å². The van der Waals surface area contributed by atoms with Gasteiger partial charge in [0.2, 0.25) is 0 Å². The summed E-state index contributed by atoms with van der Waals surface area (Å²) in [6, 6.07) is 12.4. The second-order valence-electron chi connectivity index (χ2n) is 5.19. The molecule has 0 saturated carbocycles. The molecule has 108 valence electrons. The average Bonchev–Trinajstić information content (AvgIpc) is 2.48. The number of benzene rings is 2. The Hall–Kier alpha value is -1.81. The van der Waals surface area contributed by atoms with E-state index in [1.807, 2.05) is 31.2 Å². The summed E-state index contributed by atoms with van der Waals surface area (Å²) >= 11 is 1.52. The lowest BCUT2D eigenvalue weighted by Crippen LogP contribution is -2.30. The summed E-state index contributed by atoms with van der Waals surface area (Å²) in [6.07, 6.45) is 0.818. The van der Waals surface area contributed by atoms with Gasteiger partial charge in [0.05, 0.1) is 6.04 Å². The number of amides is 1.